The lowest BCUT2D eigenvalue weighted by Gasteiger charge is -2.18. The Kier molecular flexibility index (Phi) is 3.86. The van der Waals surface area contributed by atoms with Crippen LogP contribution in [0.4, 0.5) is 0 Å². The fourth-order valence-electron chi connectivity index (χ4n) is 1.37. The van der Waals surface area contributed by atoms with Crippen molar-refractivity contribution in [1.82, 2.24) is 14.5 Å². The first kappa shape index (κ1) is 11.2. The molecular weight excluding hydrogens is 192 g/mol. The maximum Gasteiger partial charge on any atom is 0.242 e. The van der Waals surface area contributed by atoms with Gasteiger partial charge in [0.15, 0.2) is 0 Å². The third-order valence-electron chi connectivity index (χ3n) is 2.24. The van der Waals surface area contributed by atoms with Crippen molar-refractivity contribution in [3.05, 3.63) is 18.2 Å². The lowest BCUT2D eigenvalue weighted by molar-refractivity contribution is -0.131. The van der Waals surface area contributed by atoms with Crippen molar-refractivity contribution in [1.29, 1.82) is 5.26 Å². The second-order valence-electron chi connectivity index (χ2n) is 3.06. The van der Waals surface area contributed by atoms with E-state index in [9.17, 15) is 4.79 Å². The zero-order chi connectivity index (χ0) is 11.3. The van der Waals surface area contributed by atoms with E-state index in [4.69, 9.17) is 5.26 Å². The Balaban J connectivity index is 2.70. The molecule has 0 fully saturated rings. The second kappa shape index (κ2) is 5.15. The number of likely N-dealkylation sites (N-methyl/N-ethyl adjacent to an activating group) is 1. The molecule has 1 amide bonds. The zero-order valence-corrected chi connectivity index (χ0v) is 8.97. The van der Waals surface area contributed by atoms with Crippen molar-refractivity contribution < 1.29 is 4.79 Å². The summed E-state index contributed by atoms with van der Waals surface area (Å²) >= 11 is 0. The third kappa shape index (κ3) is 2.56. The molecule has 0 radical (unpaired) electrons. The summed E-state index contributed by atoms with van der Waals surface area (Å²) in [5.41, 5.74) is 0. The van der Waals surface area contributed by atoms with Gasteiger partial charge in [0, 0.05) is 25.5 Å². The standard InChI is InChI=1S/C10H14N4O/c1-3-13(4-2)10(15)8-14-6-5-12-9(14)7-11/h5-6H,3-4,8H2,1-2H3. The van der Waals surface area contributed by atoms with E-state index in [-0.39, 0.29) is 18.3 Å². The number of rotatable bonds is 4. The molecular formula is C10H14N4O. The SMILES string of the molecule is CCN(CC)C(=O)Cn1ccnc1C#N. The minimum Gasteiger partial charge on any atom is -0.342 e. The first-order valence-electron chi connectivity index (χ1n) is 4.91. The maximum absolute atomic E-state index is 11.7. The van der Waals surface area contributed by atoms with Gasteiger partial charge in [-0.2, -0.15) is 5.26 Å². The van der Waals surface area contributed by atoms with Crippen molar-refractivity contribution in [3.8, 4) is 6.07 Å². The van der Waals surface area contributed by atoms with Crippen LogP contribution in [0, 0.1) is 11.3 Å². The van der Waals surface area contributed by atoms with Crippen LogP contribution in [-0.2, 0) is 11.3 Å². The zero-order valence-electron chi connectivity index (χ0n) is 8.97. The van der Waals surface area contributed by atoms with Gasteiger partial charge in [0.05, 0.1) is 0 Å². The number of carbonyl (C=O) groups excluding carboxylic acids is 1. The lowest BCUT2D eigenvalue weighted by atomic mass is 10.4. The molecule has 80 valence electrons. The molecule has 0 saturated heterocycles. The highest BCUT2D eigenvalue weighted by atomic mass is 16.2. The first-order valence-corrected chi connectivity index (χ1v) is 4.91. The smallest absolute Gasteiger partial charge is 0.242 e. The molecule has 1 aromatic rings. The molecule has 0 spiro atoms. The van der Waals surface area contributed by atoms with Crippen LogP contribution in [0.2, 0.25) is 0 Å². The molecule has 15 heavy (non-hydrogen) atoms. The van der Waals surface area contributed by atoms with Crippen LogP contribution in [0.25, 0.3) is 0 Å². The number of hydrogen-bond donors (Lipinski definition) is 0. The van der Waals surface area contributed by atoms with E-state index in [1.54, 1.807) is 15.7 Å². The van der Waals surface area contributed by atoms with Gasteiger partial charge >= 0.3 is 0 Å². The summed E-state index contributed by atoms with van der Waals surface area (Å²) in [6.45, 7) is 5.42. The molecule has 0 saturated carbocycles. The maximum atomic E-state index is 11.7. The Labute approximate surface area is 88.9 Å². The van der Waals surface area contributed by atoms with Crippen LogP contribution in [-0.4, -0.2) is 33.4 Å². The Hall–Kier alpha value is -1.83. The van der Waals surface area contributed by atoms with Gasteiger partial charge in [-0.3, -0.25) is 4.79 Å². The van der Waals surface area contributed by atoms with Gasteiger partial charge in [0.2, 0.25) is 11.7 Å². The van der Waals surface area contributed by atoms with Gasteiger partial charge in [-0.15, -0.1) is 0 Å². The fraction of sp³-hybridized carbons (Fsp3) is 0.500. The molecule has 1 aromatic heterocycles. The number of nitriles is 1. The normalized spacial score (nSPS) is 9.67. The van der Waals surface area contributed by atoms with Gasteiger partial charge in [0.25, 0.3) is 0 Å². The van der Waals surface area contributed by atoms with Crippen LogP contribution >= 0.6 is 0 Å². The molecule has 0 aliphatic carbocycles. The average molecular weight is 206 g/mol. The van der Waals surface area contributed by atoms with Crippen molar-refractivity contribution in [2.45, 2.75) is 20.4 Å². The molecule has 0 aliphatic rings. The van der Waals surface area contributed by atoms with Crippen LogP contribution < -0.4 is 0 Å². The molecule has 0 bridgehead atoms. The summed E-state index contributed by atoms with van der Waals surface area (Å²) in [5, 5.41) is 8.71. The van der Waals surface area contributed by atoms with Crippen molar-refractivity contribution >= 4 is 5.91 Å². The van der Waals surface area contributed by atoms with E-state index in [1.807, 2.05) is 19.9 Å². The second-order valence-corrected chi connectivity index (χ2v) is 3.06. The van der Waals surface area contributed by atoms with Gasteiger partial charge in [-0.1, -0.05) is 0 Å². The number of amides is 1. The summed E-state index contributed by atoms with van der Waals surface area (Å²) in [7, 11) is 0. The molecule has 0 unspecified atom stereocenters. The highest BCUT2D eigenvalue weighted by Crippen LogP contribution is 1.98. The minimum absolute atomic E-state index is 0.00880. The predicted molar refractivity (Wildman–Crippen MR) is 54.9 cm³/mol. The van der Waals surface area contributed by atoms with Gasteiger partial charge in [-0.25, -0.2) is 4.98 Å². The molecule has 0 aromatic carbocycles. The topological polar surface area (TPSA) is 61.9 Å². The largest absolute Gasteiger partial charge is 0.342 e. The molecule has 1 rings (SSSR count). The lowest BCUT2D eigenvalue weighted by Crippen LogP contribution is -2.33. The predicted octanol–water partition coefficient (Wildman–Crippen LogP) is 0.623. The molecule has 0 atom stereocenters. The Bertz CT molecular complexity index is 373. The summed E-state index contributed by atoms with van der Waals surface area (Å²) in [6.07, 6.45) is 3.16. The third-order valence-corrected chi connectivity index (χ3v) is 2.24. The van der Waals surface area contributed by atoms with E-state index >= 15 is 0 Å². The fourth-order valence-corrected chi connectivity index (χ4v) is 1.37. The minimum atomic E-state index is 0.00880. The van der Waals surface area contributed by atoms with E-state index in [0.717, 1.165) is 0 Å². The van der Waals surface area contributed by atoms with Gasteiger partial charge in [0.1, 0.15) is 12.6 Å². The Morgan fingerprint density at radius 3 is 2.80 bits per heavy atom. The Morgan fingerprint density at radius 1 is 1.60 bits per heavy atom. The number of carbonyl (C=O) groups is 1. The van der Waals surface area contributed by atoms with Crippen LogP contribution in [0.3, 0.4) is 0 Å². The number of imidazole rings is 1. The van der Waals surface area contributed by atoms with Crippen LogP contribution in [0.15, 0.2) is 12.4 Å². The summed E-state index contributed by atoms with van der Waals surface area (Å²) < 4.78 is 1.56. The number of nitrogens with zero attached hydrogens (tertiary/aromatic N) is 4. The summed E-state index contributed by atoms with van der Waals surface area (Å²) in [4.78, 5) is 17.3. The molecule has 1 heterocycles. The van der Waals surface area contributed by atoms with Gasteiger partial charge < -0.3 is 9.47 Å². The van der Waals surface area contributed by atoms with E-state index in [1.165, 1.54) is 6.20 Å². The quantitative estimate of drug-likeness (QED) is 0.725. The van der Waals surface area contributed by atoms with Gasteiger partial charge in [-0.05, 0) is 13.8 Å². The number of hydrogen-bond acceptors (Lipinski definition) is 3. The monoisotopic (exact) mass is 206 g/mol. The molecule has 0 aliphatic heterocycles. The molecule has 0 N–H and O–H groups in total. The van der Waals surface area contributed by atoms with E-state index in [0.29, 0.717) is 13.1 Å². The highest BCUT2D eigenvalue weighted by molar-refractivity contribution is 5.76. The van der Waals surface area contributed by atoms with Crippen molar-refractivity contribution in [2.24, 2.45) is 0 Å². The average Bonchev–Trinajstić information content (AvgIpc) is 2.67. The number of aromatic nitrogens is 2. The van der Waals surface area contributed by atoms with E-state index in [2.05, 4.69) is 4.98 Å². The van der Waals surface area contributed by atoms with Crippen molar-refractivity contribution in [2.75, 3.05) is 13.1 Å². The van der Waals surface area contributed by atoms with Crippen LogP contribution in [0.5, 0.6) is 0 Å². The Morgan fingerprint density at radius 2 is 2.27 bits per heavy atom. The molecule has 5 heteroatoms. The van der Waals surface area contributed by atoms with E-state index < -0.39 is 0 Å². The first-order chi connectivity index (χ1) is 7.22. The molecule has 5 nitrogen and oxygen atoms in total. The highest BCUT2D eigenvalue weighted by Gasteiger charge is 2.11. The van der Waals surface area contributed by atoms with Crippen molar-refractivity contribution in [3.63, 3.8) is 0 Å². The summed E-state index contributed by atoms with van der Waals surface area (Å²) in [5.74, 6) is 0.282. The summed E-state index contributed by atoms with van der Waals surface area (Å²) in [6, 6.07) is 1.94. The van der Waals surface area contributed by atoms with Crippen LogP contribution in [0.1, 0.15) is 19.7 Å².